The fourth-order valence-corrected chi connectivity index (χ4v) is 3.43. The van der Waals surface area contributed by atoms with Crippen LogP contribution in [0.2, 0.25) is 0 Å². The van der Waals surface area contributed by atoms with E-state index >= 15 is 0 Å². The highest BCUT2D eigenvalue weighted by Gasteiger charge is 2.10. The predicted molar refractivity (Wildman–Crippen MR) is 115 cm³/mol. The van der Waals surface area contributed by atoms with Crippen LogP contribution in [-0.2, 0) is 16.1 Å². The first kappa shape index (κ1) is 25.3. The second-order valence-corrected chi connectivity index (χ2v) is 7.93. The van der Waals surface area contributed by atoms with Gasteiger partial charge < -0.3 is 14.3 Å². The van der Waals surface area contributed by atoms with E-state index in [1.807, 2.05) is 0 Å². The first-order chi connectivity index (χ1) is 14.1. The molecule has 0 aliphatic heterocycles. The van der Waals surface area contributed by atoms with Crippen LogP contribution in [0.5, 0.6) is 0 Å². The van der Waals surface area contributed by atoms with Gasteiger partial charge in [0, 0.05) is 6.42 Å². The second-order valence-electron chi connectivity index (χ2n) is 7.93. The molecule has 0 fully saturated rings. The van der Waals surface area contributed by atoms with E-state index < -0.39 is 5.97 Å². The van der Waals surface area contributed by atoms with Crippen LogP contribution < -0.4 is 0 Å². The van der Waals surface area contributed by atoms with Crippen LogP contribution in [0.3, 0.4) is 0 Å². The van der Waals surface area contributed by atoms with E-state index in [0.29, 0.717) is 12.2 Å². The van der Waals surface area contributed by atoms with Crippen molar-refractivity contribution in [1.29, 1.82) is 0 Å². The lowest BCUT2D eigenvalue weighted by Gasteiger charge is -2.04. The normalized spacial score (nSPS) is 10.9. The summed E-state index contributed by atoms with van der Waals surface area (Å²) in [4.78, 5) is 22.4. The van der Waals surface area contributed by atoms with Gasteiger partial charge in [-0.05, 0) is 18.6 Å². The number of unbranched alkanes of at least 4 members (excludes halogenated alkanes) is 14. The van der Waals surface area contributed by atoms with Gasteiger partial charge in [0.05, 0.1) is 0 Å². The van der Waals surface area contributed by atoms with Gasteiger partial charge in [-0.25, -0.2) is 4.79 Å². The maximum atomic E-state index is 11.7. The van der Waals surface area contributed by atoms with Gasteiger partial charge in [-0.1, -0.05) is 96.8 Å². The molecule has 0 aliphatic carbocycles. The molecular weight excluding hydrogens is 368 g/mol. The summed E-state index contributed by atoms with van der Waals surface area (Å²) in [6.07, 6.45) is 19.8. The van der Waals surface area contributed by atoms with Gasteiger partial charge in [0.1, 0.15) is 12.4 Å². The molecule has 166 valence electrons. The minimum absolute atomic E-state index is 0.00907. The molecule has 5 nitrogen and oxygen atoms in total. The fourth-order valence-electron chi connectivity index (χ4n) is 3.43. The number of carboxylic acids is 1. The molecule has 5 heteroatoms. The third-order valence-electron chi connectivity index (χ3n) is 5.23. The number of furan rings is 1. The first-order valence-electron chi connectivity index (χ1n) is 11.6. The minimum Gasteiger partial charge on any atom is -0.475 e. The van der Waals surface area contributed by atoms with E-state index in [1.54, 1.807) is 0 Å². The fraction of sp³-hybridized carbons (Fsp3) is 0.750. The van der Waals surface area contributed by atoms with E-state index in [2.05, 4.69) is 6.92 Å². The number of hydrogen-bond acceptors (Lipinski definition) is 4. The van der Waals surface area contributed by atoms with Crippen molar-refractivity contribution in [3.8, 4) is 0 Å². The molecule has 0 aromatic carbocycles. The molecule has 0 unspecified atom stereocenters. The number of ether oxygens (including phenoxy) is 1. The van der Waals surface area contributed by atoms with E-state index in [4.69, 9.17) is 14.3 Å². The standard InChI is InChI=1S/C24H40O5/c1-2-3-4-5-6-7-8-9-10-11-12-13-14-15-16-17-23(25)28-20-21-18-19-22(29-21)24(26)27/h18-19H,2-17,20H2,1H3,(H,26,27). The molecule has 1 aromatic rings. The monoisotopic (exact) mass is 408 g/mol. The topological polar surface area (TPSA) is 76.7 Å². The molecule has 1 rings (SSSR count). The molecule has 0 saturated carbocycles. The quantitative estimate of drug-likeness (QED) is 0.192. The molecular formula is C24H40O5. The van der Waals surface area contributed by atoms with Gasteiger partial charge in [0.15, 0.2) is 0 Å². The van der Waals surface area contributed by atoms with Crippen LogP contribution in [-0.4, -0.2) is 17.0 Å². The van der Waals surface area contributed by atoms with E-state index in [-0.39, 0.29) is 18.3 Å². The van der Waals surface area contributed by atoms with Crippen molar-refractivity contribution in [2.45, 2.75) is 116 Å². The SMILES string of the molecule is CCCCCCCCCCCCCCCCCC(=O)OCc1ccc(C(=O)O)o1. The largest absolute Gasteiger partial charge is 0.475 e. The van der Waals surface area contributed by atoms with Crippen molar-refractivity contribution in [2.24, 2.45) is 0 Å². The Balaban J connectivity index is 1.83. The van der Waals surface area contributed by atoms with Crippen molar-refractivity contribution < 1.29 is 23.8 Å². The highest BCUT2D eigenvalue weighted by atomic mass is 16.5. The number of rotatable bonds is 19. The number of carbonyl (C=O) groups is 2. The first-order valence-corrected chi connectivity index (χ1v) is 11.6. The van der Waals surface area contributed by atoms with Crippen molar-refractivity contribution in [3.05, 3.63) is 23.7 Å². The third-order valence-corrected chi connectivity index (χ3v) is 5.23. The number of carbonyl (C=O) groups excluding carboxylic acids is 1. The Labute approximate surface area is 176 Å². The van der Waals surface area contributed by atoms with Gasteiger partial charge in [-0.2, -0.15) is 0 Å². The zero-order valence-electron chi connectivity index (χ0n) is 18.3. The molecule has 0 aliphatic rings. The number of esters is 1. The predicted octanol–water partition coefficient (Wildman–Crippen LogP) is 7.28. The van der Waals surface area contributed by atoms with Crippen LogP contribution in [0.15, 0.2) is 16.5 Å². The molecule has 1 heterocycles. The summed E-state index contributed by atoms with van der Waals surface area (Å²) in [6.45, 7) is 2.25. The molecule has 0 radical (unpaired) electrons. The number of hydrogen-bond donors (Lipinski definition) is 1. The zero-order chi connectivity index (χ0) is 21.2. The summed E-state index contributed by atoms with van der Waals surface area (Å²) in [7, 11) is 0. The van der Waals surface area contributed by atoms with E-state index in [1.165, 1.54) is 95.6 Å². The summed E-state index contributed by atoms with van der Waals surface area (Å²) < 4.78 is 10.2. The van der Waals surface area contributed by atoms with Gasteiger partial charge in [-0.3, -0.25) is 4.79 Å². The highest BCUT2D eigenvalue weighted by Crippen LogP contribution is 2.14. The Morgan fingerprint density at radius 3 is 1.72 bits per heavy atom. The lowest BCUT2D eigenvalue weighted by Crippen LogP contribution is -2.04. The van der Waals surface area contributed by atoms with Crippen molar-refractivity contribution in [2.75, 3.05) is 0 Å². The summed E-state index contributed by atoms with van der Waals surface area (Å²) in [5.74, 6) is -1.17. The average molecular weight is 409 g/mol. The molecule has 1 N–H and O–H groups in total. The van der Waals surface area contributed by atoms with Crippen LogP contribution >= 0.6 is 0 Å². The summed E-state index contributed by atoms with van der Waals surface area (Å²) in [5, 5.41) is 8.78. The second kappa shape index (κ2) is 17.1. The van der Waals surface area contributed by atoms with Crippen LogP contribution in [0, 0.1) is 0 Å². The van der Waals surface area contributed by atoms with Gasteiger partial charge in [0.25, 0.3) is 0 Å². The maximum absolute atomic E-state index is 11.7. The average Bonchev–Trinajstić information content (AvgIpc) is 3.19. The van der Waals surface area contributed by atoms with Crippen LogP contribution in [0.4, 0.5) is 0 Å². The maximum Gasteiger partial charge on any atom is 0.371 e. The number of aromatic carboxylic acids is 1. The molecule has 0 spiro atoms. The Bertz CT molecular complexity index is 549. The van der Waals surface area contributed by atoms with Crippen LogP contribution in [0.1, 0.15) is 126 Å². The molecule has 29 heavy (non-hydrogen) atoms. The summed E-state index contributed by atoms with van der Waals surface area (Å²) >= 11 is 0. The Kier molecular flexibility index (Phi) is 14.9. The van der Waals surface area contributed by atoms with Gasteiger partial charge in [0.2, 0.25) is 5.76 Å². The third kappa shape index (κ3) is 13.9. The van der Waals surface area contributed by atoms with E-state index in [9.17, 15) is 9.59 Å². The summed E-state index contributed by atoms with van der Waals surface area (Å²) in [5.41, 5.74) is 0. The molecule has 0 saturated heterocycles. The lowest BCUT2D eigenvalue weighted by molar-refractivity contribution is -0.145. The molecule has 1 aromatic heterocycles. The highest BCUT2D eigenvalue weighted by molar-refractivity contribution is 5.84. The smallest absolute Gasteiger partial charge is 0.371 e. The van der Waals surface area contributed by atoms with Crippen molar-refractivity contribution >= 4 is 11.9 Å². The Morgan fingerprint density at radius 2 is 1.28 bits per heavy atom. The molecule has 0 bridgehead atoms. The summed E-state index contributed by atoms with van der Waals surface area (Å²) in [6, 6.07) is 2.88. The van der Waals surface area contributed by atoms with Crippen molar-refractivity contribution in [1.82, 2.24) is 0 Å². The van der Waals surface area contributed by atoms with E-state index in [0.717, 1.165) is 12.8 Å². The lowest BCUT2D eigenvalue weighted by atomic mass is 10.0. The van der Waals surface area contributed by atoms with Gasteiger partial charge in [-0.15, -0.1) is 0 Å². The van der Waals surface area contributed by atoms with Gasteiger partial charge >= 0.3 is 11.9 Å². The Morgan fingerprint density at radius 1 is 0.793 bits per heavy atom. The minimum atomic E-state index is -1.12. The number of carboxylic acid groups (broad SMARTS) is 1. The Hall–Kier alpha value is -1.78. The van der Waals surface area contributed by atoms with Crippen LogP contribution in [0.25, 0.3) is 0 Å². The molecule has 0 atom stereocenters. The molecule has 0 amide bonds. The van der Waals surface area contributed by atoms with Crippen molar-refractivity contribution in [3.63, 3.8) is 0 Å². The zero-order valence-corrected chi connectivity index (χ0v) is 18.3.